The molecule has 0 aliphatic heterocycles. The Morgan fingerprint density at radius 3 is 2.47 bits per heavy atom. The van der Waals surface area contributed by atoms with Crippen LogP contribution in [0.3, 0.4) is 0 Å². The normalized spacial score (nSPS) is 30.2. The van der Waals surface area contributed by atoms with Crippen molar-refractivity contribution in [2.75, 3.05) is 0 Å². The zero-order valence-electron chi connectivity index (χ0n) is 7.75. The van der Waals surface area contributed by atoms with Gasteiger partial charge >= 0.3 is 0 Å². The number of fused-ring (bicyclic) bond motifs is 1. The van der Waals surface area contributed by atoms with E-state index in [1.807, 2.05) is 0 Å². The molecule has 5 nitrogen and oxygen atoms in total. The molecule has 6 N–H and O–H groups in total. The van der Waals surface area contributed by atoms with Gasteiger partial charge in [0.15, 0.2) is 23.3 Å². The fourth-order valence-corrected chi connectivity index (χ4v) is 1.66. The van der Waals surface area contributed by atoms with Crippen molar-refractivity contribution < 1.29 is 20.4 Å². The predicted octanol–water partition coefficient (Wildman–Crippen LogP) is -0.0505. The summed E-state index contributed by atoms with van der Waals surface area (Å²) in [5, 5.41) is 38.2. The Bertz CT molecular complexity index is 439. The van der Waals surface area contributed by atoms with Gasteiger partial charge in [0.25, 0.3) is 0 Å². The maximum absolute atomic E-state index is 9.81. The Balaban J connectivity index is 2.74. The summed E-state index contributed by atoms with van der Waals surface area (Å²) in [7, 11) is 0. The third-order valence-corrected chi connectivity index (χ3v) is 2.53. The lowest BCUT2D eigenvalue weighted by atomic mass is 9.86. The van der Waals surface area contributed by atoms with E-state index in [2.05, 4.69) is 0 Å². The Kier molecular flexibility index (Phi) is 1.97. The molecule has 0 spiro atoms. The van der Waals surface area contributed by atoms with Gasteiger partial charge in [0.1, 0.15) is 0 Å². The second-order valence-corrected chi connectivity index (χ2v) is 3.51. The summed E-state index contributed by atoms with van der Waals surface area (Å²) < 4.78 is 0. The van der Waals surface area contributed by atoms with Gasteiger partial charge in [-0.15, -0.1) is 0 Å². The van der Waals surface area contributed by atoms with Crippen LogP contribution in [0, 0.1) is 0 Å². The van der Waals surface area contributed by atoms with Gasteiger partial charge in [0.2, 0.25) is 0 Å². The van der Waals surface area contributed by atoms with E-state index < -0.39 is 23.3 Å². The molecule has 15 heavy (non-hydrogen) atoms. The molecule has 0 heterocycles. The molecule has 0 radical (unpaired) electrons. The molecule has 0 bridgehead atoms. The molecule has 80 valence electrons. The van der Waals surface area contributed by atoms with E-state index in [0.29, 0.717) is 0 Å². The minimum absolute atomic E-state index is 0.174. The van der Waals surface area contributed by atoms with Crippen LogP contribution in [0.4, 0.5) is 0 Å². The predicted molar refractivity (Wildman–Crippen MR) is 52.7 cm³/mol. The maximum atomic E-state index is 9.81. The highest BCUT2D eigenvalue weighted by atomic mass is 16.4. The fraction of sp³-hybridized carbons (Fsp3) is 0.200. The summed E-state index contributed by atoms with van der Waals surface area (Å²) in [6.45, 7) is 0. The van der Waals surface area contributed by atoms with Crippen LogP contribution in [0.5, 0.6) is 0 Å². The van der Waals surface area contributed by atoms with E-state index in [4.69, 9.17) is 5.73 Å². The molecule has 0 amide bonds. The smallest absolute Gasteiger partial charge is 0.174 e. The van der Waals surface area contributed by atoms with Gasteiger partial charge in [0, 0.05) is 11.1 Å². The Labute approximate surface area is 85.7 Å². The first-order chi connectivity index (χ1) is 6.96. The average Bonchev–Trinajstić information content (AvgIpc) is 2.24. The van der Waals surface area contributed by atoms with Crippen molar-refractivity contribution in [1.82, 2.24) is 0 Å². The van der Waals surface area contributed by atoms with Crippen LogP contribution in [-0.4, -0.2) is 26.5 Å². The minimum atomic E-state index is -2.09. The molecule has 1 aromatic rings. The van der Waals surface area contributed by atoms with E-state index in [1.54, 1.807) is 12.1 Å². The van der Waals surface area contributed by atoms with Crippen LogP contribution in [0.1, 0.15) is 11.1 Å². The lowest BCUT2D eigenvalue weighted by Gasteiger charge is -2.34. The quantitative estimate of drug-likeness (QED) is 0.385. The van der Waals surface area contributed by atoms with E-state index in [9.17, 15) is 20.4 Å². The van der Waals surface area contributed by atoms with E-state index in [-0.39, 0.29) is 11.1 Å². The first-order valence-electron chi connectivity index (χ1n) is 4.37. The summed E-state index contributed by atoms with van der Waals surface area (Å²) in [5.41, 5.74) is 3.78. The van der Waals surface area contributed by atoms with Crippen LogP contribution < -0.4 is 5.73 Å². The maximum Gasteiger partial charge on any atom is 0.174 e. The number of aliphatic hydroxyl groups is 4. The zero-order chi connectivity index (χ0) is 11.2. The van der Waals surface area contributed by atoms with Gasteiger partial charge < -0.3 is 20.4 Å². The molecule has 2 rings (SSSR count). The summed E-state index contributed by atoms with van der Waals surface area (Å²) in [4.78, 5) is 0. The topological polar surface area (TPSA) is 107 Å². The zero-order valence-corrected chi connectivity index (χ0v) is 7.75. The number of nitrogens with two attached hydrogens (primary N) is 1. The summed E-state index contributed by atoms with van der Waals surface area (Å²) in [6.07, 6.45) is -1.73. The third-order valence-electron chi connectivity index (χ3n) is 2.53. The number of rotatable bonds is 0. The van der Waals surface area contributed by atoms with Crippen molar-refractivity contribution in [2.45, 2.75) is 11.8 Å². The summed E-state index contributed by atoms with van der Waals surface area (Å²) >= 11 is 0. The Morgan fingerprint density at radius 2 is 1.80 bits per heavy atom. The third kappa shape index (κ3) is 1.21. The van der Waals surface area contributed by atoms with Gasteiger partial charge in [-0.25, -0.2) is 0 Å². The van der Waals surface area contributed by atoms with Crippen LogP contribution >= 0.6 is 0 Å². The van der Waals surface area contributed by atoms with Crippen LogP contribution in [0.15, 0.2) is 30.0 Å². The largest absolute Gasteiger partial charge is 0.506 e. The number of aliphatic hydroxyl groups excluding tert-OH is 3. The number of hydrogen-bond acceptors (Lipinski definition) is 5. The molecule has 2 unspecified atom stereocenters. The molecule has 0 aromatic heterocycles. The second kappa shape index (κ2) is 2.96. The van der Waals surface area contributed by atoms with Crippen molar-refractivity contribution in [1.29, 1.82) is 0 Å². The lowest BCUT2D eigenvalue weighted by Crippen LogP contribution is -2.51. The van der Waals surface area contributed by atoms with Crippen molar-refractivity contribution in [2.24, 2.45) is 5.73 Å². The van der Waals surface area contributed by atoms with Gasteiger partial charge in [-0.1, -0.05) is 24.3 Å². The Hall–Kier alpha value is -1.56. The van der Waals surface area contributed by atoms with Crippen molar-refractivity contribution in [3.63, 3.8) is 0 Å². The van der Waals surface area contributed by atoms with Crippen molar-refractivity contribution in [3.8, 4) is 0 Å². The van der Waals surface area contributed by atoms with E-state index in [0.717, 1.165) is 0 Å². The molecule has 5 heteroatoms. The number of benzene rings is 1. The highest BCUT2D eigenvalue weighted by Gasteiger charge is 2.43. The van der Waals surface area contributed by atoms with E-state index in [1.165, 1.54) is 12.1 Å². The molecule has 0 fully saturated rings. The van der Waals surface area contributed by atoms with Gasteiger partial charge in [-0.3, -0.25) is 5.73 Å². The van der Waals surface area contributed by atoms with Crippen LogP contribution in [0.25, 0.3) is 5.76 Å². The molecule has 0 saturated carbocycles. The lowest BCUT2D eigenvalue weighted by molar-refractivity contribution is -0.0770. The monoisotopic (exact) mass is 209 g/mol. The molecular weight excluding hydrogens is 198 g/mol. The van der Waals surface area contributed by atoms with Crippen molar-refractivity contribution >= 4 is 5.76 Å². The van der Waals surface area contributed by atoms with Crippen LogP contribution in [-0.2, 0) is 5.72 Å². The molecule has 2 atom stereocenters. The summed E-state index contributed by atoms with van der Waals surface area (Å²) in [6, 6.07) is 6.20. The van der Waals surface area contributed by atoms with Gasteiger partial charge in [-0.05, 0) is 0 Å². The second-order valence-electron chi connectivity index (χ2n) is 3.51. The molecule has 1 aromatic carbocycles. The molecular formula is C10H11NO4. The molecule has 1 aliphatic carbocycles. The van der Waals surface area contributed by atoms with Crippen molar-refractivity contribution in [3.05, 3.63) is 41.2 Å². The Morgan fingerprint density at radius 1 is 1.20 bits per heavy atom. The SMILES string of the molecule is NC1(O)c2ccccc2C(O)=C(O)C1O. The standard InChI is InChI=1S/C10H11NO4/c11-10(15)6-4-2-1-3-5(6)7(12)8(13)9(10)14/h1-4,9,12-15H,11H2. The molecule has 0 saturated heterocycles. The van der Waals surface area contributed by atoms with Gasteiger partial charge in [0.05, 0.1) is 0 Å². The first kappa shape index (κ1) is 9.97. The minimum Gasteiger partial charge on any atom is -0.506 e. The summed E-state index contributed by atoms with van der Waals surface area (Å²) in [5.74, 6) is -1.19. The molecule has 1 aliphatic rings. The van der Waals surface area contributed by atoms with Crippen LogP contribution in [0.2, 0.25) is 0 Å². The highest BCUT2D eigenvalue weighted by molar-refractivity contribution is 5.68. The fourth-order valence-electron chi connectivity index (χ4n) is 1.66. The highest BCUT2D eigenvalue weighted by Crippen LogP contribution is 2.36. The van der Waals surface area contributed by atoms with E-state index >= 15 is 0 Å². The average molecular weight is 209 g/mol. The van der Waals surface area contributed by atoms with Gasteiger partial charge in [-0.2, -0.15) is 0 Å². The number of hydrogen-bond donors (Lipinski definition) is 5. The first-order valence-corrected chi connectivity index (χ1v) is 4.37.